The second-order valence-electron chi connectivity index (χ2n) is 7.07. The lowest BCUT2D eigenvalue weighted by Crippen LogP contribution is -2.64. The molecule has 0 radical (unpaired) electrons. The summed E-state index contributed by atoms with van der Waals surface area (Å²) in [6, 6.07) is 1.27. The number of rotatable bonds is 5. The zero-order valence-corrected chi connectivity index (χ0v) is 15.6. The van der Waals surface area contributed by atoms with Crippen molar-refractivity contribution in [2.45, 2.75) is 61.3 Å². The fraction of sp³-hybridized carbons (Fsp3) is 0.750. The molecule has 10 atom stereocenters. The second-order valence-corrected chi connectivity index (χ2v) is 7.07. The maximum absolute atomic E-state index is 12.0. The van der Waals surface area contributed by atoms with Crippen LogP contribution < -0.4 is 11.4 Å². The Balaban J connectivity index is 1.80. The summed E-state index contributed by atoms with van der Waals surface area (Å²) in [5, 5.41) is 69.7. The van der Waals surface area contributed by atoms with Crippen LogP contribution in [0.2, 0.25) is 0 Å². The maximum atomic E-state index is 12.0. The van der Waals surface area contributed by atoms with Crippen molar-refractivity contribution in [1.82, 2.24) is 9.55 Å². The molecule has 2 fully saturated rings. The van der Waals surface area contributed by atoms with Crippen LogP contribution >= 0.6 is 0 Å². The lowest BCUT2D eigenvalue weighted by atomic mass is 9.96. The van der Waals surface area contributed by atoms with E-state index in [0.29, 0.717) is 0 Å². The molecule has 170 valence electrons. The third kappa shape index (κ3) is 4.19. The van der Waals surface area contributed by atoms with E-state index in [9.17, 15) is 40.5 Å². The van der Waals surface area contributed by atoms with E-state index < -0.39 is 80.3 Å². The number of nitrogens with zero attached hydrogens (tertiary/aromatic N) is 2. The summed E-state index contributed by atoms with van der Waals surface area (Å²) < 4.78 is 17.0. The summed E-state index contributed by atoms with van der Waals surface area (Å²) >= 11 is 0. The molecule has 14 heteroatoms. The number of anilines is 1. The normalized spacial score (nSPS) is 42.2. The van der Waals surface area contributed by atoms with Crippen molar-refractivity contribution < 1.29 is 50.0 Å². The van der Waals surface area contributed by atoms with E-state index in [1.54, 1.807) is 0 Å². The van der Waals surface area contributed by atoms with Crippen LogP contribution in [0, 0.1) is 0 Å². The van der Waals surface area contributed by atoms with Gasteiger partial charge in [-0.15, -0.1) is 0 Å². The molecule has 1 aromatic rings. The van der Waals surface area contributed by atoms with Crippen molar-refractivity contribution in [2.24, 2.45) is 0 Å². The van der Waals surface area contributed by atoms with Crippen LogP contribution in [0.5, 0.6) is 0 Å². The minimum atomic E-state index is -1.77. The van der Waals surface area contributed by atoms with E-state index in [4.69, 9.17) is 19.9 Å². The summed E-state index contributed by atoms with van der Waals surface area (Å²) in [5.41, 5.74) is 4.56. The fourth-order valence-electron chi connectivity index (χ4n) is 3.42. The predicted octanol–water partition coefficient (Wildman–Crippen LogP) is -5.38. The average molecular weight is 435 g/mol. The van der Waals surface area contributed by atoms with Crippen LogP contribution in [0.3, 0.4) is 0 Å². The summed E-state index contributed by atoms with van der Waals surface area (Å²) in [7, 11) is 0. The van der Waals surface area contributed by atoms with Gasteiger partial charge in [-0.25, -0.2) is 4.79 Å². The Hall–Kier alpha value is -1.72. The highest BCUT2D eigenvalue weighted by molar-refractivity contribution is 5.23. The Bertz CT molecular complexity index is 775. The molecule has 0 saturated carbocycles. The first kappa shape index (κ1) is 23.0. The van der Waals surface area contributed by atoms with E-state index in [1.807, 2.05) is 0 Å². The molecule has 30 heavy (non-hydrogen) atoms. The maximum Gasteiger partial charge on any atom is 0.351 e. The molecule has 3 rings (SSSR count). The van der Waals surface area contributed by atoms with Gasteiger partial charge < -0.3 is 55.7 Å². The number of aliphatic hydroxyl groups excluding tert-OH is 7. The Morgan fingerprint density at radius 3 is 2.23 bits per heavy atom. The lowest BCUT2D eigenvalue weighted by Gasteiger charge is -2.46. The van der Waals surface area contributed by atoms with Crippen molar-refractivity contribution >= 4 is 5.82 Å². The third-order valence-corrected chi connectivity index (χ3v) is 5.10. The molecular formula is C16H25N3O11. The topological polar surface area (TPSA) is 230 Å². The molecule has 3 heterocycles. The highest BCUT2D eigenvalue weighted by atomic mass is 16.7. The molecule has 9 N–H and O–H groups in total. The number of ether oxygens (including phenoxy) is 3. The molecule has 2 saturated heterocycles. The molecule has 10 unspecified atom stereocenters. The first-order chi connectivity index (χ1) is 14.2. The van der Waals surface area contributed by atoms with E-state index >= 15 is 0 Å². The summed E-state index contributed by atoms with van der Waals surface area (Å²) in [4.78, 5) is 15.5. The second kappa shape index (κ2) is 9.19. The van der Waals surface area contributed by atoms with Gasteiger partial charge in [0.2, 0.25) is 0 Å². The molecule has 0 bridgehead atoms. The quantitative estimate of drug-likeness (QED) is 0.216. The molecule has 0 aromatic carbocycles. The van der Waals surface area contributed by atoms with Gasteiger partial charge in [-0.3, -0.25) is 4.57 Å². The van der Waals surface area contributed by atoms with Gasteiger partial charge >= 0.3 is 5.69 Å². The fourth-order valence-corrected chi connectivity index (χ4v) is 3.42. The van der Waals surface area contributed by atoms with Crippen molar-refractivity contribution in [3.05, 3.63) is 22.7 Å². The largest absolute Gasteiger partial charge is 0.394 e. The monoisotopic (exact) mass is 435 g/mol. The van der Waals surface area contributed by atoms with Gasteiger partial charge in [-0.2, -0.15) is 4.98 Å². The van der Waals surface area contributed by atoms with Crippen molar-refractivity contribution in [3.8, 4) is 0 Å². The van der Waals surface area contributed by atoms with E-state index in [0.717, 1.165) is 4.57 Å². The number of hydrogen-bond donors (Lipinski definition) is 8. The number of aromatic nitrogens is 2. The Morgan fingerprint density at radius 2 is 1.63 bits per heavy atom. The molecule has 2 aliphatic heterocycles. The first-order valence-electron chi connectivity index (χ1n) is 9.12. The van der Waals surface area contributed by atoms with Crippen molar-refractivity contribution in [2.75, 3.05) is 18.9 Å². The van der Waals surface area contributed by atoms with Gasteiger partial charge in [-0.1, -0.05) is 0 Å². The van der Waals surface area contributed by atoms with Crippen LogP contribution in [0.25, 0.3) is 0 Å². The smallest absolute Gasteiger partial charge is 0.351 e. The van der Waals surface area contributed by atoms with Crippen LogP contribution in [0.4, 0.5) is 5.82 Å². The third-order valence-electron chi connectivity index (χ3n) is 5.10. The highest BCUT2D eigenvalue weighted by Gasteiger charge is 2.50. The highest BCUT2D eigenvalue weighted by Crippen LogP contribution is 2.32. The van der Waals surface area contributed by atoms with Crippen LogP contribution in [0.15, 0.2) is 17.1 Å². The van der Waals surface area contributed by atoms with Crippen LogP contribution in [-0.4, -0.2) is 114 Å². The van der Waals surface area contributed by atoms with Gasteiger partial charge in [0.25, 0.3) is 0 Å². The lowest BCUT2D eigenvalue weighted by molar-refractivity contribution is -0.346. The standard InChI is InChI=1S/C16H25N3O11/c17-7-1-2-19(16(27)18-7)14-11(25)10(24)13(6(4-21)28-14)30-15-12(26)9(23)8(22)5(3-20)29-15/h1-2,5-6,8-15,20-26H,3-4H2,(H2,17,18,27). The SMILES string of the molecule is Nc1ccn(C2OC(CO)C(OC3OC(CO)C(O)C(O)C3O)C(O)C2O)c(=O)n1. The van der Waals surface area contributed by atoms with Crippen molar-refractivity contribution in [1.29, 1.82) is 0 Å². The molecule has 2 aliphatic rings. The van der Waals surface area contributed by atoms with Gasteiger partial charge in [0, 0.05) is 6.20 Å². The van der Waals surface area contributed by atoms with E-state index in [-0.39, 0.29) is 5.82 Å². The molecule has 0 spiro atoms. The number of hydrogen-bond acceptors (Lipinski definition) is 13. The number of nitrogen functional groups attached to an aromatic ring is 1. The Morgan fingerprint density at radius 1 is 0.967 bits per heavy atom. The van der Waals surface area contributed by atoms with Gasteiger partial charge in [-0.05, 0) is 6.07 Å². The molecule has 0 amide bonds. The van der Waals surface area contributed by atoms with Gasteiger partial charge in [0.05, 0.1) is 13.2 Å². The Kier molecular flexibility index (Phi) is 7.03. The molecule has 0 aliphatic carbocycles. The average Bonchev–Trinajstić information content (AvgIpc) is 2.72. The Labute approximate surface area is 169 Å². The molecular weight excluding hydrogens is 410 g/mol. The predicted molar refractivity (Wildman–Crippen MR) is 94.6 cm³/mol. The molecule has 14 nitrogen and oxygen atoms in total. The minimum Gasteiger partial charge on any atom is -0.394 e. The first-order valence-corrected chi connectivity index (χ1v) is 9.12. The number of nitrogens with two attached hydrogens (primary N) is 1. The van der Waals surface area contributed by atoms with Crippen molar-refractivity contribution in [3.63, 3.8) is 0 Å². The minimum absolute atomic E-state index is 0.0652. The number of aliphatic hydroxyl groups is 7. The van der Waals surface area contributed by atoms with Crippen LogP contribution in [0.1, 0.15) is 6.23 Å². The zero-order chi connectivity index (χ0) is 22.2. The summed E-state index contributed by atoms with van der Waals surface area (Å²) in [6.07, 6.45) is -14.5. The molecule has 1 aromatic heterocycles. The van der Waals surface area contributed by atoms with E-state index in [1.165, 1.54) is 12.3 Å². The summed E-state index contributed by atoms with van der Waals surface area (Å²) in [5.74, 6) is -0.0652. The van der Waals surface area contributed by atoms with Gasteiger partial charge in [0.15, 0.2) is 12.5 Å². The van der Waals surface area contributed by atoms with Gasteiger partial charge in [0.1, 0.15) is 54.6 Å². The van der Waals surface area contributed by atoms with Crippen LogP contribution in [-0.2, 0) is 14.2 Å². The van der Waals surface area contributed by atoms with E-state index in [2.05, 4.69) is 4.98 Å². The zero-order valence-electron chi connectivity index (χ0n) is 15.6. The summed E-state index contributed by atoms with van der Waals surface area (Å²) in [6.45, 7) is -1.42.